The van der Waals surface area contributed by atoms with Crippen LogP contribution in [0.2, 0.25) is 0 Å². The Morgan fingerprint density at radius 2 is 1.67 bits per heavy atom. The number of hydrogen-bond donors (Lipinski definition) is 2. The fourth-order valence-corrected chi connectivity index (χ4v) is 4.59. The first-order valence-corrected chi connectivity index (χ1v) is 15.7. The lowest BCUT2D eigenvalue weighted by Gasteiger charge is -2.16. The van der Waals surface area contributed by atoms with Gasteiger partial charge in [0, 0.05) is 25.8 Å². The van der Waals surface area contributed by atoms with Crippen LogP contribution in [0.5, 0.6) is 5.75 Å². The molecule has 0 spiro atoms. The van der Waals surface area contributed by atoms with Gasteiger partial charge in [0.25, 0.3) is 0 Å². The van der Waals surface area contributed by atoms with Crippen molar-refractivity contribution in [2.45, 2.75) is 41.0 Å². The summed E-state index contributed by atoms with van der Waals surface area (Å²) in [7, 11) is 4.83. The Morgan fingerprint density at radius 1 is 1.04 bits per heavy atom. The van der Waals surface area contributed by atoms with Crippen molar-refractivity contribution in [3.8, 4) is 22.4 Å². The second kappa shape index (κ2) is 21.8. The first kappa shape index (κ1) is 39.2. The topological polar surface area (TPSA) is 134 Å². The molecular weight excluding hydrogens is 592 g/mol. The maximum Gasteiger partial charge on any atom is 0.350 e. The van der Waals surface area contributed by atoms with Crippen molar-refractivity contribution in [1.82, 2.24) is 15.2 Å². The largest absolute Gasteiger partial charge is 0.492 e. The summed E-state index contributed by atoms with van der Waals surface area (Å²) in [5.41, 5.74) is 3.34. The van der Waals surface area contributed by atoms with E-state index in [0.717, 1.165) is 24.8 Å². The number of nitrogens with zero attached hydrogens (tertiary/aromatic N) is 3. The van der Waals surface area contributed by atoms with E-state index in [1.165, 1.54) is 17.8 Å². The Labute approximate surface area is 272 Å². The Balaban J connectivity index is 0.00000131. The molecule has 0 unspecified atom stereocenters. The molecular formula is C34H48N4O6S. The molecule has 0 aliphatic rings. The fraction of sp³-hybridized carbons (Fsp3) is 0.471. The van der Waals surface area contributed by atoms with Gasteiger partial charge in [-0.1, -0.05) is 38.5 Å². The molecule has 0 amide bonds. The van der Waals surface area contributed by atoms with Crippen molar-refractivity contribution >= 4 is 23.3 Å². The number of thiazole rings is 1. The van der Waals surface area contributed by atoms with Crippen LogP contribution in [0.4, 0.5) is 0 Å². The molecule has 0 atom stereocenters. The summed E-state index contributed by atoms with van der Waals surface area (Å²) in [4.78, 5) is 31.7. The molecule has 0 saturated heterocycles. The quantitative estimate of drug-likeness (QED) is 0.218. The van der Waals surface area contributed by atoms with Gasteiger partial charge in [0.2, 0.25) is 0 Å². The molecule has 45 heavy (non-hydrogen) atoms. The number of nitrogens with one attached hydrogen (secondary N) is 1. The predicted molar refractivity (Wildman–Crippen MR) is 179 cm³/mol. The second-order valence-corrected chi connectivity index (χ2v) is 11.5. The van der Waals surface area contributed by atoms with E-state index in [-0.39, 0.29) is 19.2 Å². The average Bonchev–Trinajstić information content (AvgIpc) is 3.43. The lowest BCUT2D eigenvalue weighted by molar-refractivity contribution is 0.0422. The molecule has 0 aliphatic heterocycles. The number of esters is 2. The highest BCUT2D eigenvalue weighted by Gasteiger charge is 2.19. The Hall–Kier alpha value is -3.82. The monoisotopic (exact) mass is 640 g/mol. The summed E-state index contributed by atoms with van der Waals surface area (Å²) in [6, 6.07) is 14.7. The van der Waals surface area contributed by atoms with Crippen molar-refractivity contribution in [3.05, 3.63) is 69.7 Å². The van der Waals surface area contributed by atoms with Crippen LogP contribution in [0.3, 0.4) is 0 Å². The van der Waals surface area contributed by atoms with Gasteiger partial charge in [0.1, 0.15) is 34.9 Å². The van der Waals surface area contributed by atoms with Crippen molar-refractivity contribution in [2.24, 2.45) is 5.92 Å². The van der Waals surface area contributed by atoms with Crippen LogP contribution < -0.4 is 10.1 Å². The number of ether oxygens (including phenoxy) is 3. The molecule has 1 heterocycles. The zero-order valence-electron chi connectivity index (χ0n) is 27.8. The Bertz CT molecular complexity index is 1350. The minimum Gasteiger partial charge on any atom is -0.492 e. The van der Waals surface area contributed by atoms with Gasteiger partial charge in [-0.05, 0) is 77.2 Å². The van der Waals surface area contributed by atoms with Crippen molar-refractivity contribution in [2.75, 3.05) is 60.7 Å². The molecule has 10 nitrogen and oxygen atoms in total. The summed E-state index contributed by atoms with van der Waals surface area (Å²) in [5, 5.41) is 20.2. The Kier molecular flexibility index (Phi) is 19.0. The van der Waals surface area contributed by atoms with E-state index in [2.05, 4.69) is 23.3 Å². The normalized spacial score (nSPS) is 10.3. The lowest BCUT2D eigenvalue weighted by Crippen LogP contribution is -2.28. The Morgan fingerprint density at radius 3 is 2.20 bits per heavy atom. The van der Waals surface area contributed by atoms with Crippen LogP contribution in [0.1, 0.15) is 64.0 Å². The molecule has 1 aromatic heterocycles. The van der Waals surface area contributed by atoms with Gasteiger partial charge >= 0.3 is 11.9 Å². The molecule has 0 fully saturated rings. The van der Waals surface area contributed by atoms with Crippen molar-refractivity contribution < 1.29 is 28.9 Å². The van der Waals surface area contributed by atoms with Crippen molar-refractivity contribution in [1.29, 1.82) is 5.26 Å². The highest BCUT2D eigenvalue weighted by molar-refractivity contribution is 7.17. The summed E-state index contributed by atoms with van der Waals surface area (Å²) in [6.07, 6.45) is 1.23. The van der Waals surface area contributed by atoms with Crippen LogP contribution in [-0.4, -0.2) is 87.6 Å². The zero-order valence-corrected chi connectivity index (χ0v) is 28.6. The van der Waals surface area contributed by atoms with E-state index >= 15 is 0 Å². The molecule has 0 bridgehead atoms. The van der Waals surface area contributed by atoms with E-state index in [1.54, 1.807) is 31.2 Å². The number of carbonyl (C=O) groups excluding carboxylic acids is 2. The molecule has 2 aromatic carbocycles. The maximum atomic E-state index is 12.7. The second-order valence-electron chi connectivity index (χ2n) is 10.5. The van der Waals surface area contributed by atoms with E-state index in [1.807, 2.05) is 58.0 Å². The van der Waals surface area contributed by atoms with Crippen LogP contribution in [0, 0.1) is 31.1 Å². The lowest BCUT2D eigenvalue weighted by atomic mass is 10.1. The summed E-state index contributed by atoms with van der Waals surface area (Å²) < 4.78 is 16.5. The minimum absolute atomic E-state index is 0.189. The first-order chi connectivity index (χ1) is 21.6. The highest BCUT2D eigenvalue weighted by atomic mass is 32.1. The molecule has 3 rings (SSSR count). The third-order valence-corrected chi connectivity index (χ3v) is 7.29. The van der Waals surface area contributed by atoms with Gasteiger partial charge in [-0.25, -0.2) is 14.6 Å². The summed E-state index contributed by atoms with van der Waals surface area (Å²) in [6.45, 7) is 13.0. The summed E-state index contributed by atoms with van der Waals surface area (Å²) >= 11 is 1.23. The van der Waals surface area contributed by atoms with Gasteiger partial charge in [-0.3, -0.25) is 4.90 Å². The maximum absolute atomic E-state index is 12.7. The minimum atomic E-state index is -0.442. The SMILES string of the molecule is CCCNC.CO.Cc1ccc(C(=O)OCCN(C)CCOC(=O)c2sc(-c3ccc(OCC(C)C)c(C#N)c3)nc2C)cc1. The van der Waals surface area contributed by atoms with E-state index in [4.69, 9.17) is 19.3 Å². The van der Waals surface area contributed by atoms with Crippen LogP contribution in [-0.2, 0) is 9.47 Å². The average molecular weight is 641 g/mol. The number of aryl methyl sites for hydroxylation is 2. The molecule has 11 heteroatoms. The summed E-state index contributed by atoms with van der Waals surface area (Å²) in [5.74, 6) is 0.0773. The smallest absolute Gasteiger partial charge is 0.350 e. The highest BCUT2D eigenvalue weighted by Crippen LogP contribution is 2.31. The van der Waals surface area contributed by atoms with Gasteiger partial charge in [-0.15, -0.1) is 11.3 Å². The van der Waals surface area contributed by atoms with Crippen molar-refractivity contribution in [3.63, 3.8) is 0 Å². The van der Waals surface area contributed by atoms with E-state index in [9.17, 15) is 14.9 Å². The third-order valence-electron chi connectivity index (χ3n) is 6.10. The number of likely N-dealkylation sites (N-methyl/N-ethyl adjacent to an activating group) is 1. The van der Waals surface area contributed by atoms with Crippen LogP contribution >= 0.6 is 11.3 Å². The van der Waals surface area contributed by atoms with Crippen LogP contribution in [0.25, 0.3) is 10.6 Å². The van der Waals surface area contributed by atoms with Gasteiger partial charge in [-0.2, -0.15) is 5.26 Å². The van der Waals surface area contributed by atoms with Gasteiger partial charge in [0.15, 0.2) is 0 Å². The molecule has 0 radical (unpaired) electrons. The van der Waals surface area contributed by atoms with Gasteiger partial charge < -0.3 is 24.6 Å². The third kappa shape index (κ3) is 14.2. The molecule has 3 aromatic rings. The number of aliphatic hydroxyl groups is 1. The zero-order chi connectivity index (χ0) is 33.8. The van der Waals surface area contributed by atoms with E-state index in [0.29, 0.717) is 58.1 Å². The number of carbonyl (C=O) groups is 2. The van der Waals surface area contributed by atoms with Crippen LogP contribution in [0.15, 0.2) is 42.5 Å². The molecule has 0 saturated carbocycles. The number of aromatic nitrogens is 1. The number of rotatable bonds is 14. The molecule has 2 N–H and O–H groups in total. The number of benzene rings is 2. The van der Waals surface area contributed by atoms with Gasteiger partial charge in [0.05, 0.1) is 23.4 Å². The first-order valence-electron chi connectivity index (χ1n) is 14.9. The number of hydrogen-bond acceptors (Lipinski definition) is 11. The predicted octanol–water partition coefficient (Wildman–Crippen LogP) is 5.50. The standard InChI is InChI=1S/C29H33N3O5S.C4H11N.CH4O/c1-19(2)18-37-25-11-10-23(16-24(25)17-30)27-31-21(4)26(38-27)29(34)36-15-13-32(5)12-14-35-28(33)22-8-6-20(3)7-9-22;1-3-4-5-2;1-2/h6-11,16,19H,12-15,18H2,1-5H3;5H,3-4H2,1-2H3;2H,1H3. The molecule has 0 aliphatic carbocycles. The molecule has 246 valence electrons. The number of nitriles is 1. The number of aliphatic hydroxyl groups excluding tert-OH is 1. The van der Waals surface area contributed by atoms with E-state index < -0.39 is 5.97 Å². The fourth-order valence-electron chi connectivity index (χ4n) is 3.63.